The van der Waals surface area contributed by atoms with E-state index in [9.17, 15) is 9.59 Å². The molecule has 174 valence electrons. The summed E-state index contributed by atoms with van der Waals surface area (Å²) >= 11 is 0.898. The molecule has 2 fully saturated rings. The SMILES string of the molecule is O=C1NC(=O)/C(=C/c2ccnc(N3CCC(CCCc4cccnc4-c4ccc[nH]4)CC3)n2)S1. The number of rotatable bonds is 7. The Morgan fingerprint density at radius 2 is 1.97 bits per heavy atom. The molecular weight excluding hydrogens is 448 g/mol. The molecule has 2 aliphatic heterocycles. The fraction of sp³-hybridized carbons (Fsp3) is 0.320. The molecule has 0 spiro atoms. The van der Waals surface area contributed by atoms with Gasteiger partial charge in [-0.15, -0.1) is 0 Å². The molecule has 0 unspecified atom stereocenters. The monoisotopic (exact) mass is 474 g/mol. The Hall–Kier alpha value is -3.46. The van der Waals surface area contributed by atoms with Gasteiger partial charge in [0.1, 0.15) is 0 Å². The number of carbonyl (C=O) groups is 2. The Labute approximate surface area is 202 Å². The summed E-state index contributed by atoms with van der Waals surface area (Å²) in [5.41, 5.74) is 4.04. The summed E-state index contributed by atoms with van der Waals surface area (Å²) in [5, 5.41) is 1.91. The Morgan fingerprint density at radius 3 is 2.74 bits per heavy atom. The van der Waals surface area contributed by atoms with Gasteiger partial charge in [0.25, 0.3) is 11.1 Å². The minimum Gasteiger partial charge on any atom is -0.360 e. The van der Waals surface area contributed by atoms with Crippen molar-refractivity contribution in [2.24, 2.45) is 5.92 Å². The summed E-state index contributed by atoms with van der Waals surface area (Å²) in [5.74, 6) is 0.993. The number of carbonyl (C=O) groups excluding carboxylic acids is 2. The summed E-state index contributed by atoms with van der Waals surface area (Å²) in [6, 6.07) is 10.0. The van der Waals surface area contributed by atoms with Crippen LogP contribution in [-0.4, -0.2) is 44.2 Å². The second-order valence-corrected chi connectivity index (χ2v) is 9.57. The smallest absolute Gasteiger partial charge is 0.290 e. The molecule has 3 aromatic heterocycles. The van der Waals surface area contributed by atoms with Gasteiger partial charge in [0.2, 0.25) is 5.95 Å². The number of aromatic amines is 1. The van der Waals surface area contributed by atoms with Crippen LogP contribution in [0.15, 0.2) is 53.8 Å². The predicted molar refractivity (Wildman–Crippen MR) is 133 cm³/mol. The number of hydrogen-bond donors (Lipinski definition) is 2. The summed E-state index contributed by atoms with van der Waals surface area (Å²) < 4.78 is 0. The Kier molecular flexibility index (Phi) is 6.71. The van der Waals surface area contributed by atoms with Crippen LogP contribution in [0.25, 0.3) is 17.5 Å². The van der Waals surface area contributed by atoms with Crippen LogP contribution in [-0.2, 0) is 11.2 Å². The van der Waals surface area contributed by atoms with Crippen LogP contribution in [0.3, 0.4) is 0 Å². The lowest BCUT2D eigenvalue weighted by Crippen LogP contribution is -2.35. The van der Waals surface area contributed by atoms with Gasteiger partial charge in [-0.25, -0.2) is 9.97 Å². The van der Waals surface area contributed by atoms with E-state index in [-0.39, 0.29) is 11.1 Å². The molecule has 2 aliphatic rings. The van der Waals surface area contributed by atoms with Crippen molar-refractivity contribution >= 4 is 34.9 Å². The van der Waals surface area contributed by atoms with Gasteiger partial charge in [0.15, 0.2) is 0 Å². The van der Waals surface area contributed by atoms with Gasteiger partial charge < -0.3 is 9.88 Å². The van der Waals surface area contributed by atoms with E-state index < -0.39 is 0 Å². The first-order valence-electron chi connectivity index (χ1n) is 11.6. The van der Waals surface area contributed by atoms with Gasteiger partial charge in [0.05, 0.1) is 22.0 Å². The first-order valence-corrected chi connectivity index (χ1v) is 12.4. The van der Waals surface area contributed by atoms with Gasteiger partial charge in [-0.05, 0) is 85.7 Å². The van der Waals surface area contributed by atoms with Crippen LogP contribution in [0.2, 0.25) is 0 Å². The maximum atomic E-state index is 11.8. The number of pyridine rings is 1. The first kappa shape index (κ1) is 22.3. The average Bonchev–Trinajstić information content (AvgIpc) is 3.50. The standard InChI is InChI=1S/C25H26N6O2S/c32-23-21(34-25(33)30-23)16-19-8-13-28-24(29-19)31-14-9-17(10-15-31)4-1-5-18-6-2-12-27-22(18)20-7-3-11-26-20/h2-3,6-8,11-13,16-17,26H,1,4-5,9-10,14-15H2,(H,30,32,33)/b21-16-. The highest BCUT2D eigenvalue weighted by molar-refractivity contribution is 8.18. The number of hydrogen-bond acceptors (Lipinski definition) is 7. The van der Waals surface area contributed by atoms with E-state index >= 15 is 0 Å². The van der Waals surface area contributed by atoms with Crippen molar-refractivity contribution in [3.05, 3.63) is 65.1 Å². The predicted octanol–water partition coefficient (Wildman–Crippen LogP) is 4.43. The number of H-pyrrole nitrogens is 1. The molecule has 8 nitrogen and oxygen atoms in total. The molecule has 0 aromatic carbocycles. The second kappa shape index (κ2) is 10.2. The lowest BCUT2D eigenvalue weighted by Gasteiger charge is -2.32. The number of anilines is 1. The zero-order chi connectivity index (χ0) is 23.3. The third kappa shape index (κ3) is 5.20. The Bertz CT molecular complexity index is 1200. The van der Waals surface area contributed by atoms with E-state index in [0.717, 1.165) is 61.9 Å². The van der Waals surface area contributed by atoms with Crippen LogP contribution in [0.1, 0.15) is 36.9 Å². The Balaban J connectivity index is 1.13. The van der Waals surface area contributed by atoms with E-state index in [1.165, 1.54) is 12.0 Å². The number of aromatic nitrogens is 4. The average molecular weight is 475 g/mol. The quantitative estimate of drug-likeness (QED) is 0.488. The molecule has 0 aliphatic carbocycles. The number of nitrogens with one attached hydrogen (secondary N) is 2. The summed E-state index contributed by atoms with van der Waals surface area (Å²) in [6.45, 7) is 1.83. The lowest BCUT2D eigenvalue weighted by atomic mass is 9.90. The molecule has 0 saturated carbocycles. The summed E-state index contributed by atoms with van der Waals surface area (Å²) in [6.07, 6.45) is 12.7. The van der Waals surface area contributed by atoms with E-state index in [1.807, 2.05) is 24.5 Å². The highest BCUT2D eigenvalue weighted by atomic mass is 32.2. The van der Waals surface area contributed by atoms with Crippen molar-refractivity contribution in [3.63, 3.8) is 0 Å². The van der Waals surface area contributed by atoms with E-state index in [1.54, 1.807) is 18.3 Å². The molecule has 0 bridgehead atoms. The second-order valence-electron chi connectivity index (χ2n) is 8.55. The zero-order valence-corrected chi connectivity index (χ0v) is 19.6. The minimum absolute atomic E-state index is 0.350. The van der Waals surface area contributed by atoms with Crippen LogP contribution in [0.5, 0.6) is 0 Å². The first-order chi connectivity index (χ1) is 16.7. The van der Waals surface area contributed by atoms with Crippen molar-refractivity contribution in [3.8, 4) is 11.4 Å². The summed E-state index contributed by atoms with van der Waals surface area (Å²) in [4.78, 5) is 42.6. The van der Waals surface area contributed by atoms with Gasteiger partial charge in [0, 0.05) is 31.7 Å². The van der Waals surface area contributed by atoms with Gasteiger partial charge in [-0.2, -0.15) is 0 Å². The normalized spacial score (nSPS) is 18.0. The Morgan fingerprint density at radius 1 is 1.09 bits per heavy atom. The molecule has 2 saturated heterocycles. The maximum absolute atomic E-state index is 11.8. The molecule has 0 radical (unpaired) electrons. The molecule has 5 rings (SSSR count). The van der Waals surface area contributed by atoms with Crippen molar-refractivity contribution in [1.82, 2.24) is 25.3 Å². The fourth-order valence-electron chi connectivity index (χ4n) is 4.51. The zero-order valence-electron chi connectivity index (χ0n) is 18.7. The van der Waals surface area contributed by atoms with E-state index in [4.69, 9.17) is 0 Å². The number of imide groups is 1. The van der Waals surface area contributed by atoms with Crippen molar-refractivity contribution < 1.29 is 9.59 Å². The lowest BCUT2D eigenvalue weighted by molar-refractivity contribution is -0.115. The third-order valence-electron chi connectivity index (χ3n) is 6.29. The van der Waals surface area contributed by atoms with Crippen LogP contribution in [0, 0.1) is 5.92 Å². The van der Waals surface area contributed by atoms with Gasteiger partial charge >= 0.3 is 0 Å². The number of nitrogens with zero attached hydrogens (tertiary/aromatic N) is 4. The van der Waals surface area contributed by atoms with Crippen LogP contribution >= 0.6 is 11.8 Å². The fourth-order valence-corrected chi connectivity index (χ4v) is 5.18. The molecule has 2 amide bonds. The largest absolute Gasteiger partial charge is 0.360 e. The molecule has 5 heterocycles. The topological polar surface area (TPSA) is 104 Å². The van der Waals surface area contributed by atoms with E-state index in [2.05, 4.69) is 42.3 Å². The van der Waals surface area contributed by atoms with E-state index in [0.29, 0.717) is 22.5 Å². The van der Waals surface area contributed by atoms with Crippen molar-refractivity contribution in [1.29, 1.82) is 0 Å². The van der Waals surface area contributed by atoms with Crippen molar-refractivity contribution in [2.75, 3.05) is 18.0 Å². The highest BCUT2D eigenvalue weighted by Crippen LogP contribution is 2.28. The third-order valence-corrected chi connectivity index (χ3v) is 7.10. The highest BCUT2D eigenvalue weighted by Gasteiger charge is 2.25. The number of thioether (sulfide) groups is 1. The molecule has 0 atom stereocenters. The number of piperidine rings is 1. The number of amides is 2. The molecule has 3 aromatic rings. The van der Waals surface area contributed by atoms with Gasteiger partial charge in [-0.3, -0.25) is 19.9 Å². The van der Waals surface area contributed by atoms with Gasteiger partial charge in [-0.1, -0.05) is 6.07 Å². The minimum atomic E-state index is -0.373. The summed E-state index contributed by atoms with van der Waals surface area (Å²) in [7, 11) is 0. The van der Waals surface area contributed by atoms with Crippen LogP contribution < -0.4 is 10.2 Å². The molecule has 34 heavy (non-hydrogen) atoms. The van der Waals surface area contributed by atoms with Crippen molar-refractivity contribution in [2.45, 2.75) is 32.1 Å². The molecule has 2 N–H and O–H groups in total. The number of aryl methyl sites for hydroxylation is 1. The molecular formula is C25H26N6O2S. The molecule has 9 heteroatoms. The van der Waals surface area contributed by atoms with Crippen LogP contribution in [0.4, 0.5) is 10.7 Å². The maximum Gasteiger partial charge on any atom is 0.290 e.